The Labute approximate surface area is 116 Å². The minimum atomic E-state index is -0.116. The van der Waals surface area contributed by atoms with Gasteiger partial charge in [-0.15, -0.1) is 0 Å². The molecule has 4 nitrogen and oxygen atoms in total. The number of piperidine rings is 1. The van der Waals surface area contributed by atoms with Gasteiger partial charge in [0.15, 0.2) is 0 Å². The Morgan fingerprint density at radius 1 is 1.42 bits per heavy atom. The zero-order valence-electron chi connectivity index (χ0n) is 12.2. The third-order valence-electron chi connectivity index (χ3n) is 3.43. The van der Waals surface area contributed by atoms with Crippen LogP contribution in [0.3, 0.4) is 0 Å². The Kier molecular flexibility index (Phi) is 4.42. The molecular formula is C15H25N3O. The van der Waals surface area contributed by atoms with Gasteiger partial charge in [0.05, 0.1) is 0 Å². The first-order chi connectivity index (χ1) is 8.94. The number of hydrogen-bond acceptors (Lipinski definition) is 4. The smallest absolute Gasteiger partial charge is 0.125 e. The highest BCUT2D eigenvalue weighted by Gasteiger charge is 2.24. The minimum Gasteiger partial charge on any atom is -0.490 e. The summed E-state index contributed by atoms with van der Waals surface area (Å²) in [5, 5.41) is 0. The molecule has 0 bridgehead atoms. The highest BCUT2D eigenvalue weighted by Crippen LogP contribution is 2.22. The largest absolute Gasteiger partial charge is 0.490 e. The summed E-state index contributed by atoms with van der Waals surface area (Å²) in [6.07, 6.45) is 6.09. The van der Waals surface area contributed by atoms with Gasteiger partial charge < -0.3 is 15.4 Å². The molecular weight excluding hydrogens is 238 g/mol. The van der Waals surface area contributed by atoms with Gasteiger partial charge in [-0.1, -0.05) is 0 Å². The summed E-state index contributed by atoms with van der Waals surface area (Å²) < 4.78 is 6.07. The van der Waals surface area contributed by atoms with Crippen LogP contribution >= 0.6 is 0 Å². The van der Waals surface area contributed by atoms with Gasteiger partial charge in [-0.05, 0) is 39.7 Å². The Morgan fingerprint density at radius 2 is 2.11 bits per heavy atom. The Hall–Kier alpha value is -1.13. The number of rotatable bonds is 4. The maximum absolute atomic E-state index is 6.07. The van der Waals surface area contributed by atoms with Crippen LogP contribution in [0.4, 0.5) is 0 Å². The quantitative estimate of drug-likeness (QED) is 0.902. The fraction of sp³-hybridized carbons (Fsp3) is 0.667. The number of hydrogen-bond donors (Lipinski definition) is 1. The molecule has 0 aliphatic carbocycles. The molecule has 1 aromatic rings. The fourth-order valence-corrected chi connectivity index (χ4v) is 2.53. The van der Waals surface area contributed by atoms with Gasteiger partial charge in [0.1, 0.15) is 11.9 Å². The first-order valence-electron chi connectivity index (χ1n) is 7.02. The third kappa shape index (κ3) is 4.48. The Balaban J connectivity index is 1.82. The predicted octanol–water partition coefficient (Wildman–Crippen LogP) is 1.97. The van der Waals surface area contributed by atoms with Crippen LogP contribution in [-0.2, 0) is 0 Å². The third-order valence-corrected chi connectivity index (χ3v) is 3.43. The zero-order chi connectivity index (χ0) is 13.9. The summed E-state index contributed by atoms with van der Waals surface area (Å²) in [7, 11) is 0. The van der Waals surface area contributed by atoms with Gasteiger partial charge in [0.25, 0.3) is 0 Å². The van der Waals surface area contributed by atoms with E-state index in [0.29, 0.717) is 6.10 Å². The molecule has 0 unspecified atom stereocenters. The van der Waals surface area contributed by atoms with Crippen LogP contribution in [0.5, 0.6) is 5.75 Å². The summed E-state index contributed by atoms with van der Waals surface area (Å²) in [6, 6.07) is 1.95. The molecule has 4 heteroatoms. The maximum atomic E-state index is 6.07. The van der Waals surface area contributed by atoms with Gasteiger partial charge in [0.2, 0.25) is 0 Å². The van der Waals surface area contributed by atoms with Crippen LogP contribution in [-0.4, -0.2) is 41.2 Å². The van der Waals surface area contributed by atoms with E-state index in [2.05, 4.69) is 23.7 Å². The summed E-state index contributed by atoms with van der Waals surface area (Å²) in [4.78, 5) is 6.52. The van der Waals surface area contributed by atoms with Gasteiger partial charge in [-0.3, -0.25) is 4.98 Å². The average molecular weight is 263 g/mol. The normalized spacial score (nSPS) is 18.5. The highest BCUT2D eigenvalue weighted by atomic mass is 16.5. The number of ether oxygens (including phenoxy) is 1. The van der Waals surface area contributed by atoms with Crippen LogP contribution in [0, 0.1) is 6.92 Å². The van der Waals surface area contributed by atoms with Crippen molar-refractivity contribution >= 4 is 0 Å². The van der Waals surface area contributed by atoms with E-state index < -0.39 is 0 Å². The second-order valence-electron chi connectivity index (χ2n) is 6.22. The van der Waals surface area contributed by atoms with Crippen molar-refractivity contribution in [3.8, 4) is 5.75 Å². The van der Waals surface area contributed by atoms with Crippen LogP contribution in [0.1, 0.15) is 32.3 Å². The van der Waals surface area contributed by atoms with Crippen LogP contribution in [0.2, 0.25) is 0 Å². The molecule has 0 amide bonds. The van der Waals surface area contributed by atoms with E-state index in [-0.39, 0.29) is 5.54 Å². The molecule has 2 rings (SSSR count). The minimum absolute atomic E-state index is 0.116. The van der Waals surface area contributed by atoms with E-state index in [1.807, 2.05) is 19.2 Å². The number of aromatic nitrogens is 1. The maximum Gasteiger partial charge on any atom is 0.125 e. The molecule has 1 fully saturated rings. The van der Waals surface area contributed by atoms with Crippen LogP contribution < -0.4 is 10.5 Å². The van der Waals surface area contributed by atoms with E-state index in [1.165, 1.54) is 0 Å². The van der Waals surface area contributed by atoms with Crippen molar-refractivity contribution in [1.82, 2.24) is 9.88 Å². The molecule has 1 aliphatic heterocycles. The molecule has 2 N–H and O–H groups in total. The lowest BCUT2D eigenvalue weighted by molar-refractivity contribution is 0.0898. The number of likely N-dealkylation sites (tertiary alicyclic amines) is 1. The van der Waals surface area contributed by atoms with Crippen molar-refractivity contribution in [1.29, 1.82) is 0 Å². The number of pyridine rings is 1. The monoisotopic (exact) mass is 263 g/mol. The lowest BCUT2D eigenvalue weighted by Crippen LogP contribution is -2.49. The topological polar surface area (TPSA) is 51.4 Å². The summed E-state index contributed by atoms with van der Waals surface area (Å²) in [5.41, 5.74) is 7.05. The SMILES string of the molecule is Cc1cnccc1OC1CCN(CC(C)(C)N)CC1. The van der Waals surface area contributed by atoms with E-state index in [4.69, 9.17) is 10.5 Å². The summed E-state index contributed by atoms with van der Waals surface area (Å²) in [5.74, 6) is 0.965. The molecule has 0 aromatic carbocycles. The van der Waals surface area contributed by atoms with Gasteiger partial charge in [-0.2, -0.15) is 0 Å². The van der Waals surface area contributed by atoms with Crippen molar-refractivity contribution in [3.05, 3.63) is 24.0 Å². The van der Waals surface area contributed by atoms with E-state index in [0.717, 1.165) is 43.8 Å². The molecule has 1 aromatic heterocycles. The van der Waals surface area contributed by atoms with E-state index in [1.54, 1.807) is 6.20 Å². The standard InChI is InChI=1S/C15H25N3O/c1-12-10-17-7-4-14(12)19-13-5-8-18(9-6-13)11-15(2,3)16/h4,7,10,13H,5-6,8-9,11,16H2,1-3H3. The zero-order valence-corrected chi connectivity index (χ0v) is 12.2. The highest BCUT2D eigenvalue weighted by molar-refractivity contribution is 5.28. The second-order valence-corrected chi connectivity index (χ2v) is 6.22. The van der Waals surface area contributed by atoms with Crippen molar-refractivity contribution < 1.29 is 4.74 Å². The van der Waals surface area contributed by atoms with Crippen molar-refractivity contribution in [2.24, 2.45) is 5.73 Å². The van der Waals surface area contributed by atoms with Crippen LogP contribution in [0.15, 0.2) is 18.5 Å². The summed E-state index contributed by atoms with van der Waals surface area (Å²) in [6.45, 7) is 9.28. The number of nitrogens with two attached hydrogens (primary N) is 1. The molecule has 0 saturated carbocycles. The summed E-state index contributed by atoms with van der Waals surface area (Å²) >= 11 is 0. The molecule has 0 atom stereocenters. The Bertz CT molecular complexity index is 406. The van der Waals surface area contributed by atoms with Gasteiger partial charge in [0, 0.05) is 43.1 Å². The van der Waals surface area contributed by atoms with Gasteiger partial charge >= 0.3 is 0 Å². The molecule has 2 heterocycles. The van der Waals surface area contributed by atoms with Crippen molar-refractivity contribution in [2.45, 2.75) is 45.3 Å². The van der Waals surface area contributed by atoms with Gasteiger partial charge in [-0.25, -0.2) is 0 Å². The average Bonchev–Trinajstić information content (AvgIpc) is 2.33. The van der Waals surface area contributed by atoms with Crippen LogP contribution in [0.25, 0.3) is 0 Å². The molecule has 1 aliphatic rings. The molecule has 1 saturated heterocycles. The first-order valence-corrected chi connectivity index (χ1v) is 7.02. The molecule has 0 radical (unpaired) electrons. The second kappa shape index (κ2) is 5.88. The lowest BCUT2D eigenvalue weighted by Gasteiger charge is -2.35. The molecule has 0 spiro atoms. The molecule has 106 valence electrons. The predicted molar refractivity (Wildman–Crippen MR) is 77.3 cm³/mol. The van der Waals surface area contributed by atoms with E-state index in [9.17, 15) is 0 Å². The molecule has 19 heavy (non-hydrogen) atoms. The Morgan fingerprint density at radius 3 is 2.68 bits per heavy atom. The number of aryl methyl sites for hydroxylation is 1. The van der Waals surface area contributed by atoms with Crippen molar-refractivity contribution in [3.63, 3.8) is 0 Å². The number of nitrogens with zero attached hydrogens (tertiary/aromatic N) is 2. The lowest BCUT2D eigenvalue weighted by atomic mass is 10.0. The first kappa shape index (κ1) is 14.3. The van der Waals surface area contributed by atoms with E-state index >= 15 is 0 Å². The fourth-order valence-electron chi connectivity index (χ4n) is 2.53. The van der Waals surface area contributed by atoms with Crippen molar-refractivity contribution in [2.75, 3.05) is 19.6 Å².